The lowest BCUT2D eigenvalue weighted by atomic mass is 10.2. The minimum Gasteiger partial charge on any atom is -0.487 e. The normalized spacial score (nSPS) is 10.9. The Hall–Kier alpha value is -1.43. The Morgan fingerprint density at radius 2 is 2.03 bits per heavy atom. The van der Waals surface area contributed by atoms with E-state index in [1.165, 1.54) is 6.20 Å². The fourth-order valence-electron chi connectivity index (χ4n) is 2.34. The Morgan fingerprint density at radius 1 is 1.21 bits per heavy atom. The number of hydrogen-bond acceptors (Lipinski definition) is 4. The van der Waals surface area contributed by atoms with Crippen LogP contribution in [-0.4, -0.2) is 17.1 Å². The average molecular weight is 652 g/mol. The Balaban J connectivity index is 1.77. The summed E-state index contributed by atoms with van der Waals surface area (Å²) in [5, 5.41) is 5.17. The number of carbonyl (C=O) groups excluding carboxylic acids is 1. The molecule has 0 saturated carbocycles. The molecule has 1 aromatic heterocycles. The number of aromatic nitrogens is 1. The molecule has 1 amide bonds. The molecule has 29 heavy (non-hydrogen) atoms. The molecule has 0 radical (unpaired) electrons. The van der Waals surface area contributed by atoms with Crippen molar-refractivity contribution in [1.29, 1.82) is 0 Å². The number of rotatable bonds is 6. The molecular weight excluding hydrogens is 639 g/mol. The molecule has 0 bridgehead atoms. The molecule has 0 aliphatic heterocycles. The zero-order valence-corrected chi connectivity index (χ0v) is 20.5. The van der Waals surface area contributed by atoms with Gasteiger partial charge < -0.3 is 4.74 Å². The van der Waals surface area contributed by atoms with Crippen LogP contribution in [0.5, 0.6) is 5.75 Å². The van der Waals surface area contributed by atoms with Crippen LogP contribution in [0.15, 0.2) is 60.0 Å². The van der Waals surface area contributed by atoms with E-state index in [4.69, 9.17) is 27.9 Å². The molecule has 0 saturated heterocycles. The van der Waals surface area contributed by atoms with Gasteiger partial charge in [-0.1, -0.05) is 29.3 Å². The van der Waals surface area contributed by atoms with Crippen LogP contribution in [0, 0.1) is 7.14 Å². The Morgan fingerprint density at radius 3 is 2.76 bits per heavy atom. The largest absolute Gasteiger partial charge is 0.487 e. The van der Waals surface area contributed by atoms with E-state index in [-0.39, 0.29) is 12.5 Å². The van der Waals surface area contributed by atoms with Crippen LogP contribution in [0.1, 0.15) is 21.5 Å². The minimum absolute atomic E-state index is 0.273. The summed E-state index contributed by atoms with van der Waals surface area (Å²) in [6.45, 7) is 0.273. The van der Waals surface area contributed by atoms with Crippen molar-refractivity contribution in [3.8, 4) is 5.75 Å². The molecule has 148 valence electrons. The van der Waals surface area contributed by atoms with E-state index in [9.17, 15) is 4.79 Å². The van der Waals surface area contributed by atoms with E-state index in [2.05, 4.69) is 60.7 Å². The number of nitrogens with one attached hydrogen (secondary N) is 1. The van der Waals surface area contributed by atoms with E-state index < -0.39 is 0 Å². The molecule has 1 heterocycles. The highest BCUT2D eigenvalue weighted by Crippen LogP contribution is 2.29. The topological polar surface area (TPSA) is 63.6 Å². The predicted octanol–water partition coefficient (Wildman–Crippen LogP) is 5.94. The highest BCUT2D eigenvalue weighted by Gasteiger charge is 2.11. The quantitative estimate of drug-likeness (QED) is 0.204. The number of nitrogens with zero attached hydrogens (tertiary/aromatic N) is 2. The maximum atomic E-state index is 12.1. The molecule has 0 fully saturated rings. The number of ether oxygens (including phenoxy) is 1. The summed E-state index contributed by atoms with van der Waals surface area (Å²) in [7, 11) is 0. The number of carbonyl (C=O) groups is 1. The number of hydrogen-bond donors (Lipinski definition) is 1. The third-order valence-electron chi connectivity index (χ3n) is 3.72. The minimum atomic E-state index is -0.343. The van der Waals surface area contributed by atoms with Crippen molar-refractivity contribution in [2.45, 2.75) is 6.61 Å². The summed E-state index contributed by atoms with van der Waals surface area (Å²) in [6.07, 6.45) is 4.63. The number of benzene rings is 2. The van der Waals surface area contributed by atoms with Gasteiger partial charge in [0.05, 0.1) is 15.3 Å². The Bertz CT molecular complexity index is 1060. The zero-order valence-electron chi connectivity index (χ0n) is 14.7. The Kier molecular flexibility index (Phi) is 8.10. The number of pyridine rings is 1. The predicted molar refractivity (Wildman–Crippen MR) is 132 cm³/mol. The molecule has 9 heteroatoms. The summed E-state index contributed by atoms with van der Waals surface area (Å²) in [6, 6.07) is 12.5. The number of halogens is 4. The second-order valence-corrected chi connectivity index (χ2v) is 9.02. The molecule has 5 nitrogen and oxygen atoms in total. The Labute approximate surface area is 205 Å². The summed E-state index contributed by atoms with van der Waals surface area (Å²) < 4.78 is 7.95. The fraction of sp³-hybridized carbons (Fsp3) is 0.0500. The van der Waals surface area contributed by atoms with Crippen LogP contribution < -0.4 is 10.2 Å². The van der Waals surface area contributed by atoms with Gasteiger partial charge in [0.25, 0.3) is 5.91 Å². The smallest absolute Gasteiger partial charge is 0.272 e. The van der Waals surface area contributed by atoms with Crippen molar-refractivity contribution >= 4 is 80.5 Å². The molecule has 3 aromatic rings. The molecule has 0 spiro atoms. The van der Waals surface area contributed by atoms with Gasteiger partial charge in [-0.3, -0.25) is 9.78 Å². The van der Waals surface area contributed by atoms with Gasteiger partial charge in [0.1, 0.15) is 12.4 Å². The average Bonchev–Trinajstić information content (AvgIpc) is 2.69. The van der Waals surface area contributed by atoms with Gasteiger partial charge in [0.2, 0.25) is 0 Å². The highest BCUT2D eigenvalue weighted by molar-refractivity contribution is 14.1. The van der Waals surface area contributed by atoms with Gasteiger partial charge in [-0.2, -0.15) is 5.10 Å². The standard InChI is InChI=1S/C20H13Cl2I2N3O2/c21-15-4-3-13(17(22)7-15)11-29-19-14(6-16(23)8-18(19)24)10-26-27-20(28)12-2-1-5-25-9-12/h1-10H,11H2,(H,27,28)/b26-10+. The van der Waals surface area contributed by atoms with E-state index in [1.807, 2.05) is 18.2 Å². The molecule has 0 aliphatic rings. The van der Waals surface area contributed by atoms with E-state index >= 15 is 0 Å². The molecule has 0 aliphatic carbocycles. The van der Waals surface area contributed by atoms with Crippen molar-refractivity contribution in [3.05, 3.63) is 88.7 Å². The van der Waals surface area contributed by atoms with Crippen molar-refractivity contribution in [2.75, 3.05) is 0 Å². The number of hydrazone groups is 1. The molecule has 0 unspecified atom stereocenters. The van der Waals surface area contributed by atoms with Crippen LogP contribution in [0.25, 0.3) is 0 Å². The lowest BCUT2D eigenvalue weighted by Gasteiger charge is -2.13. The SMILES string of the molecule is O=C(N/N=C/c1cc(I)cc(I)c1OCc1ccc(Cl)cc1Cl)c1cccnc1. The van der Waals surface area contributed by atoms with Crippen LogP contribution in [0.2, 0.25) is 10.0 Å². The van der Waals surface area contributed by atoms with Gasteiger partial charge in [-0.05, 0) is 81.6 Å². The summed E-state index contributed by atoms with van der Waals surface area (Å²) >= 11 is 16.6. The summed E-state index contributed by atoms with van der Waals surface area (Å²) in [5.74, 6) is 0.307. The second kappa shape index (κ2) is 10.6. The van der Waals surface area contributed by atoms with Crippen molar-refractivity contribution < 1.29 is 9.53 Å². The first kappa shape index (κ1) is 22.3. The summed E-state index contributed by atoms with van der Waals surface area (Å²) in [5.41, 5.74) is 4.48. The van der Waals surface area contributed by atoms with Gasteiger partial charge >= 0.3 is 0 Å². The third-order valence-corrected chi connectivity index (χ3v) is 5.73. The fourth-order valence-corrected chi connectivity index (χ4v) is 4.85. The van der Waals surface area contributed by atoms with Crippen LogP contribution in [-0.2, 0) is 6.61 Å². The van der Waals surface area contributed by atoms with Gasteiger partial charge in [0, 0.05) is 37.1 Å². The van der Waals surface area contributed by atoms with Gasteiger partial charge in [0.15, 0.2) is 0 Å². The zero-order chi connectivity index (χ0) is 20.8. The monoisotopic (exact) mass is 651 g/mol. The van der Waals surface area contributed by atoms with Crippen LogP contribution >= 0.6 is 68.4 Å². The van der Waals surface area contributed by atoms with E-state index in [0.29, 0.717) is 21.4 Å². The van der Waals surface area contributed by atoms with E-state index in [0.717, 1.165) is 18.3 Å². The third kappa shape index (κ3) is 6.27. The van der Waals surface area contributed by atoms with Crippen molar-refractivity contribution in [3.63, 3.8) is 0 Å². The number of amides is 1. The van der Waals surface area contributed by atoms with Crippen molar-refractivity contribution in [2.24, 2.45) is 5.10 Å². The first-order chi connectivity index (χ1) is 13.9. The van der Waals surface area contributed by atoms with Crippen molar-refractivity contribution in [1.82, 2.24) is 10.4 Å². The van der Waals surface area contributed by atoms with Crippen LogP contribution in [0.4, 0.5) is 0 Å². The maximum absolute atomic E-state index is 12.1. The second-order valence-electron chi connectivity index (χ2n) is 5.77. The van der Waals surface area contributed by atoms with E-state index in [1.54, 1.807) is 36.7 Å². The molecule has 1 N–H and O–H groups in total. The lowest BCUT2D eigenvalue weighted by molar-refractivity contribution is 0.0954. The first-order valence-corrected chi connectivity index (χ1v) is 11.1. The highest BCUT2D eigenvalue weighted by atomic mass is 127. The first-order valence-electron chi connectivity index (χ1n) is 8.23. The van der Waals surface area contributed by atoms with Gasteiger partial charge in [-0.25, -0.2) is 5.43 Å². The molecule has 3 rings (SSSR count). The molecular formula is C20H13Cl2I2N3O2. The molecule has 2 aromatic carbocycles. The summed E-state index contributed by atoms with van der Waals surface area (Å²) in [4.78, 5) is 16.0. The molecule has 0 atom stereocenters. The van der Waals surface area contributed by atoms with Crippen LogP contribution in [0.3, 0.4) is 0 Å². The maximum Gasteiger partial charge on any atom is 0.272 e. The lowest BCUT2D eigenvalue weighted by Crippen LogP contribution is -2.17. The van der Waals surface area contributed by atoms with Gasteiger partial charge in [-0.15, -0.1) is 0 Å².